The molecule has 1 N–H and O–H groups in total. The largest absolute Gasteiger partial charge is 0.262 e. The number of nitrogens with zero attached hydrogens (tertiary/aromatic N) is 1. The molecule has 1 heterocycles. The Morgan fingerprint density at radius 2 is 1.90 bits per heavy atom. The summed E-state index contributed by atoms with van der Waals surface area (Å²) in [5.74, 6) is -2.01. The van der Waals surface area contributed by atoms with Gasteiger partial charge in [0.25, 0.3) is 0 Å². The maximum absolute atomic E-state index is 13.2. The van der Waals surface area contributed by atoms with Crippen molar-refractivity contribution in [3.63, 3.8) is 0 Å². The van der Waals surface area contributed by atoms with Gasteiger partial charge in [0.15, 0.2) is 11.6 Å². The summed E-state index contributed by atoms with van der Waals surface area (Å²) in [6.45, 7) is 1.54. The fraction of sp³-hybridized carbons (Fsp3) is 0.154. The first-order chi connectivity index (χ1) is 9.79. The van der Waals surface area contributed by atoms with Crippen LogP contribution >= 0.6 is 15.9 Å². The van der Waals surface area contributed by atoms with Gasteiger partial charge in [0, 0.05) is 22.9 Å². The van der Waals surface area contributed by atoms with Crippen LogP contribution in [-0.2, 0) is 10.0 Å². The number of aromatic nitrogens is 1. The quantitative estimate of drug-likeness (QED) is 0.891. The third-order valence-electron chi connectivity index (χ3n) is 2.77. The Bertz CT molecular complexity index is 769. The van der Waals surface area contributed by atoms with E-state index in [-0.39, 0.29) is 4.90 Å². The summed E-state index contributed by atoms with van der Waals surface area (Å²) >= 11 is 3.14. The van der Waals surface area contributed by atoms with Crippen LogP contribution in [-0.4, -0.2) is 13.4 Å². The number of hydrogen-bond donors (Lipinski definition) is 1. The number of pyridine rings is 1. The van der Waals surface area contributed by atoms with Gasteiger partial charge in [-0.3, -0.25) is 4.98 Å². The van der Waals surface area contributed by atoms with Gasteiger partial charge in [0.2, 0.25) is 10.0 Å². The van der Waals surface area contributed by atoms with Gasteiger partial charge in [-0.2, -0.15) is 0 Å². The molecule has 0 saturated carbocycles. The van der Waals surface area contributed by atoms with Gasteiger partial charge in [0.1, 0.15) is 4.90 Å². The average Bonchev–Trinajstić information content (AvgIpc) is 2.41. The molecule has 0 radical (unpaired) electrons. The molecule has 2 aromatic rings. The molecule has 2 rings (SSSR count). The molecule has 1 atom stereocenters. The molecule has 0 spiro atoms. The maximum Gasteiger partial charge on any atom is 0.242 e. The van der Waals surface area contributed by atoms with Crippen LogP contribution < -0.4 is 4.72 Å². The van der Waals surface area contributed by atoms with Crippen molar-refractivity contribution in [2.75, 3.05) is 0 Å². The molecule has 0 fully saturated rings. The van der Waals surface area contributed by atoms with E-state index >= 15 is 0 Å². The third-order valence-corrected chi connectivity index (χ3v) is 4.71. The highest BCUT2D eigenvalue weighted by atomic mass is 79.9. The lowest BCUT2D eigenvalue weighted by molar-refractivity contribution is 0.504. The predicted molar refractivity (Wildman–Crippen MR) is 77.0 cm³/mol. The molecule has 112 valence electrons. The van der Waals surface area contributed by atoms with Gasteiger partial charge in [0.05, 0.1) is 0 Å². The van der Waals surface area contributed by atoms with E-state index in [1.165, 1.54) is 31.5 Å². The van der Waals surface area contributed by atoms with Crippen molar-refractivity contribution in [3.8, 4) is 0 Å². The standard InChI is InChI=1S/C13H11BrF2N2O2S/c1-8(9-2-3-12(15)13(16)4-9)18-21(19,20)11-5-10(14)6-17-7-11/h2-8,18H,1H3. The SMILES string of the molecule is CC(NS(=O)(=O)c1cncc(Br)c1)c1ccc(F)c(F)c1. The molecule has 21 heavy (non-hydrogen) atoms. The predicted octanol–water partition coefficient (Wildman–Crippen LogP) is 3.16. The first-order valence-corrected chi connectivity index (χ1v) is 8.15. The van der Waals surface area contributed by atoms with Crippen molar-refractivity contribution >= 4 is 26.0 Å². The van der Waals surface area contributed by atoms with E-state index in [0.717, 1.165) is 12.1 Å². The van der Waals surface area contributed by atoms with Crippen molar-refractivity contribution in [1.29, 1.82) is 0 Å². The second-order valence-electron chi connectivity index (χ2n) is 4.36. The minimum Gasteiger partial charge on any atom is -0.262 e. The Morgan fingerprint density at radius 3 is 2.52 bits per heavy atom. The summed E-state index contributed by atoms with van der Waals surface area (Å²) in [5.41, 5.74) is 0.320. The molecule has 0 aliphatic heterocycles. The first-order valence-electron chi connectivity index (χ1n) is 5.87. The number of rotatable bonds is 4. The highest BCUT2D eigenvalue weighted by molar-refractivity contribution is 9.10. The summed E-state index contributed by atoms with van der Waals surface area (Å²) in [7, 11) is -3.81. The molecule has 8 heteroatoms. The fourth-order valence-corrected chi connectivity index (χ4v) is 3.43. The highest BCUT2D eigenvalue weighted by Gasteiger charge is 2.19. The van der Waals surface area contributed by atoms with Gasteiger partial charge in [-0.1, -0.05) is 6.07 Å². The van der Waals surface area contributed by atoms with Gasteiger partial charge in [-0.25, -0.2) is 21.9 Å². The molecule has 1 aromatic heterocycles. The van der Waals surface area contributed by atoms with Gasteiger partial charge >= 0.3 is 0 Å². The Hall–Kier alpha value is -1.38. The van der Waals surface area contributed by atoms with E-state index in [0.29, 0.717) is 10.0 Å². The molecule has 0 aliphatic carbocycles. The van der Waals surface area contributed by atoms with Crippen molar-refractivity contribution in [3.05, 3.63) is 58.3 Å². The van der Waals surface area contributed by atoms with Crippen molar-refractivity contribution in [2.24, 2.45) is 0 Å². The van der Waals surface area contributed by atoms with Crippen LogP contribution in [0, 0.1) is 11.6 Å². The number of halogens is 3. The van der Waals surface area contributed by atoms with Crippen LogP contribution in [0.2, 0.25) is 0 Å². The lowest BCUT2D eigenvalue weighted by Crippen LogP contribution is -2.27. The Kier molecular flexibility index (Phi) is 4.70. The molecule has 0 amide bonds. The minimum absolute atomic E-state index is 0.0219. The Balaban J connectivity index is 2.25. The topological polar surface area (TPSA) is 59.1 Å². The fourth-order valence-electron chi connectivity index (χ4n) is 1.69. The number of nitrogens with one attached hydrogen (secondary N) is 1. The second kappa shape index (κ2) is 6.17. The van der Waals surface area contributed by atoms with E-state index in [4.69, 9.17) is 0 Å². The van der Waals surface area contributed by atoms with E-state index in [1.54, 1.807) is 0 Å². The molecular formula is C13H11BrF2N2O2S. The monoisotopic (exact) mass is 376 g/mol. The van der Waals surface area contributed by atoms with Gasteiger partial charge < -0.3 is 0 Å². The number of sulfonamides is 1. The molecule has 1 unspecified atom stereocenters. The number of benzene rings is 1. The van der Waals surface area contributed by atoms with E-state index in [1.807, 2.05) is 0 Å². The van der Waals surface area contributed by atoms with Gasteiger partial charge in [-0.15, -0.1) is 0 Å². The zero-order valence-corrected chi connectivity index (χ0v) is 13.2. The second-order valence-corrected chi connectivity index (χ2v) is 6.99. The van der Waals surface area contributed by atoms with Crippen LogP contribution in [0.1, 0.15) is 18.5 Å². The van der Waals surface area contributed by atoms with E-state index < -0.39 is 27.7 Å². The zero-order chi connectivity index (χ0) is 15.6. The summed E-state index contributed by atoms with van der Waals surface area (Å²) in [6.07, 6.45) is 2.66. The van der Waals surface area contributed by atoms with Crippen molar-refractivity contribution in [2.45, 2.75) is 17.9 Å². The van der Waals surface area contributed by atoms with Crippen LogP contribution in [0.3, 0.4) is 0 Å². The van der Waals surface area contributed by atoms with Gasteiger partial charge in [-0.05, 0) is 46.6 Å². The zero-order valence-electron chi connectivity index (χ0n) is 10.8. The van der Waals surface area contributed by atoms with Crippen molar-refractivity contribution in [1.82, 2.24) is 9.71 Å². The highest BCUT2D eigenvalue weighted by Crippen LogP contribution is 2.20. The van der Waals surface area contributed by atoms with E-state index in [2.05, 4.69) is 25.6 Å². The third kappa shape index (κ3) is 3.84. The molecule has 4 nitrogen and oxygen atoms in total. The summed E-state index contributed by atoms with van der Waals surface area (Å²) in [4.78, 5) is 3.76. The minimum atomic E-state index is -3.81. The van der Waals surface area contributed by atoms with Crippen molar-refractivity contribution < 1.29 is 17.2 Å². The summed E-state index contributed by atoms with van der Waals surface area (Å²) in [6, 6.07) is 3.92. The lowest BCUT2D eigenvalue weighted by Gasteiger charge is -2.15. The smallest absolute Gasteiger partial charge is 0.242 e. The Morgan fingerprint density at radius 1 is 1.19 bits per heavy atom. The molecule has 1 aromatic carbocycles. The van der Waals surface area contributed by atoms with Crippen LogP contribution in [0.15, 0.2) is 46.0 Å². The van der Waals surface area contributed by atoms with Crippen LogP contribution in [0.25, 0.3) is 0 Å². The summed E-state index contributed by atoms with van der Waals surface area (Å²) < 4.78 is 53.3. The molecular weight excluding hydrogens is 366 g/mol. The lowest BCUT2D eigenvalue weighted by atomic mass is 10.1. The van der Waals surface area contributed by atoms with Crippen LogP contribution in [0.5, 0.6) is 0 Å². The molecule has 0 saturated heterocycles. The Labute approximate surface area is 129 Å². The molecule has 0 aliphatic rings. The normalized spacial score (nSPS) is 13.1. The average molecular weight is 377 g/mol. The maximum atomic E-state index is 13.2. The summed E-state index contributed by atoms with van der Waals surface area (Å²) in [5, 5.41) is 0. The first kappa shape index (κ1) is 16.0. The van der Waals surface area contributed by atoms with E-state index in [9.17, 15) is 17.2 Å². The molecule has 0 bridgehead atoms. The van der Waals surface area contributed by atoms with Crippen LogP contribution in [0.4, 0.5) is 8.78 Å². The number of hydrogen-bond acceptors (Lipinski definition) is 3.